The van der Waals surface area contributed by atoms with Crippen LogP contribution in [-0.2, 0) is 12.0 Å². The minimum absolute atomic E-state index is 0.647. The van der Waals surface area contributed by atoms with Crippen molar-refractivity contribution in [2.75, 3.05) is 0 Å². The van der Waals surface area contributed by atoms with Crippen molar-refractivity contribution in [3.63, 3.8) is 0 Å². The van der Waals surface area contributed by atoms with E-state index in [1.807, 2.05) is 0 Å². The summed E-state index contributed by atoms with van der Waals surface area (Å²) in [4.78, 5) is 0. The van der Waals surface area contributed by atoms with E-state index in [2.05, 4.69) is 44.2 Å². The highest BCUT2D eigenvalue weighted by molar-refractivity contribution is 5.30. The maximum Gasteiger partial charge on any atom is 0.0933 e. The van der Waals surface area contributed by atoms with Crippen LogP contribution in [0.2, 0.25) is 0 Å². The van der Waals surface area contributed by atoms with Gasteiger partial charge in [0.1, 0.15) is 0 Å². The average molecular weight is 369 g/mol. The van der Waals surface area contributed by atoms with Gasteiger partial charge >= 0.3 is 0 Å². The third-order valence-electron chi connectivity index (χ3n) is 7.15. The zero-order valence-corrected chi connectivity index (χ0v) is 17.7. The summed E-state index contributed by atoms with van der Waals surface area (Å²) in [6, 6.07) is 8.72. The summed E-state index contributed by atoms with van der Waals surface area (Å²) in [5.41, 5.74) is 3.49. The van der Waals surface area contributed by atoms with Gasteiger partial charge in [-0.15, -0.1) is 0 Å². The number of aryl methyl sites for hydroxylation is 1. The highest BCUT2D eigenvalue weighted by atomic mass is 16.3. The Kier molecular flexibility index (Phi) is 7.58. The molecule has 1 atom stereocenters. The van der Waals surface area contributed by atoms with Gasteiger partial charge in [-0.2, -0.15) is 0 Å². The van der Waals surface area contributed by atoms with Gasteiger partial charge < -0.3 is 5.11 Å². The van der Waals surface area contributed by atoms with Crippen LogP contribution in [0, 0.1) is 11.8 Å². The Morgan fingerprint density at radius 3 is 2.30 bits per heavy atom. The molecule has 0 amide bonds. The molecular formula is C26H40O. The Balaban J connectivity index is 1.52. The molecule has 0 spiro atoms. The van der Waals surface area contributed by atoms with Gasteiger partial charge in [0, 0.05) is 0 Å². The predicted molar refractivity (Wildman–Crippen MR) is 116 cm³/mol. The van der Waals surface area contributed by atoms with Crippen LogP contribution in [0.3, 0.4) is 0 Å². The standard InChI is InChI=1S/C26H40O/c1-3-5-6-8-22-9-13-23(14-10-22)24-17-19-26(27,20-18-24)25-15-11-21(7-4-2)12-16-25/h11-12,15-17,22-23,27H,3-10,13-14,18-20H2,1-2H3. The maximum absolute atomic E-state index is 11.2. The molecule has 2 aliphatic carbocycles. The topological polar surface area (TPSA) is 20.2 Å². The van der Waals surface area contributed by atoms with E-state index in [0.29, 0.717) is 0 Å². The Bertz CT molecular complexity index is 591. The molecular weight excluding hydrogens is 328 g/mol. The quantitative estimate of drug-likeness (QED) is 0.376. The van der Waals surface area contributed by atoms with E-state index < -0.39 is 5.60 Å². The Morgan fingerprint density at radius 2 is 1.70 bits per heavy atom. The SMILES string of the molecule is CCCCCC1CCC(C2=CCC(O)(c3ccc(CCC)cc3)CC2)CC1. The van der Waals surface area contributed by atoms with E-state index in [0.717, 1.165) is 43.1 Å². The molecule has 3 rings (SSSR count). The number of unbranched alkanes of at least 4 members (excludes halogenated alkanes) is 2. The van der Waals surface area contributed by atoms with E-state index in [9.17, 15) is 5.11 Å². The highest BCUT2D eigenvalue weighted by Gasteiger charge is 2.33. The second-order valence-corrected chi connectivity index (χ2v) is 9.18. The summed E-state index contributed by atoms with van der Waals surface area (Å²) in [7, 11) is 0. The molecule has 1 N–H and O–H groups in total. The van der Waals surface area contributed by atoms with E-state index in [-0.39, 0.29) is 0 Å². The van der Waals surface area contributed by atoms with Gasteiger partial charge in [-0.3, -0.25) is 0 Å². The fraction of sp³-hybridized carbons (Fsp3) is 0.692. The van der Waals surface area contributed by atoms with Crippen molar-refractivity contribution in [3.8, 4) is 0 Å². The van der Waals surface area contributed by atoms with Crippen molar-refractivity contribution in [3.05, 3.63) is 47.0 Å². The van der Waals surface area contributed by atoms with Crippen LogP contribution in [0.1, 0.15) is 102 Å². The number of rotatable bonds is 8. The molecule has 0 aliphatic heterocycles. The molecule has 0 bridgehead atoms. The van der Waals surface area contributed by atoms with Crippen LogP contribution in [-0.4, -0.2) is 5.11 Å². The van der Waals surface area contributed by atoms with Crippen molar-refractivity contribution in [2.24, 2.45) is 11.8 Å². The van der Waals surface area contributed by atoms with E-state index in [4.69, 9.17) is 0 Å². The molecule has 1 heteroatoms. The van der Waals surface area contributed by atoms with Crippen LogP contribution < -0.4 is 0 Å². The second kappa shape index (κ2) is 9.92. The van der Waals surface area contributed by atoms with Gasteiger partial charge in [0.2, 0.25) is 0 Å². The van der Waals surface area contributed by atoms with Gasteiger partial charge in [-0.1, -0.05) is 81.9 Å². The number of allylic oxidation sites excluding steroid dienone is 1. The van der Waals surface area contributed by atoms with Gasteiger partial charge in [-0.25, -0.2) is 0 Å². The second-order valence-electron chi connectivity index (χ2n) is 9.18. The van der Waals surface area contributed by atoms with Crippen molar-refractivity contribution in [1.29, 1.82) is 0 Å². The molecule has 1 nitrogen and oxygen atoms in total. The van der Waals surface area contributed by atoms with E-state index in [1.165, 1.54) is 63.4 Å². The Morgan fingerprint density at radius 1 is 0.963 bits per heavy atom. The molecule has 1 aromatic carbocycles. The number of aliphatic hydroxyl groups is 1. The lowest BCUT2D eigenvalue weighted by molar-refractivity contribution is 0.0241. The fourth-order valence-electron chi connectivity index (χ4n) is 5.26. The summed E-state index contributed by atoms with van der Waals surface area (Å²) in [5.74, 6) is 1.78. The molecule has 0 aromatic heterocycles. The largest absolute Gasteiger partial charge is 0.385 e. The van der Waals surface area contributed by atoms with Crippen molar-refractivity contribution >= 4 is 0 Å². The summed E-state index contributed by atoms with van der Waals surface area (Å²) in [6.07, 6.45) is 18.7. The minimum atomic E-state index is -0.647. The van der Waals surface area contributed by atoms with Gasteiger partial charge in [0.15, 0.2) is 0 Å². The number of hydrogen-bond donors (Lipinski definition) is 1. The Labute approximate surface area is 167 Å². The summed E-state index contributed by atoms with van der Waals surface area (Å²) < 4.78 is 0. The lowest BCUT2D eigenvalue weighted by Crippen LogP contribution is -2.29. The molecule has 1 aromatic rings. The van der Waals surface area contributed by atoms with Crippen LogP contribution in [0.25, 0.3) is 0 Å². The smallest absolute Gasteiger partial charge is 0.0933 e. The Hall–Kier alpha value is -1.08. The van der Waals surface area contributed by atoms with Gasteiger partial charge in [0.25, 0.3) is 0 Å². The number of hydrogen-bond acceptors (Lipinski definition) is 1. The summed E-state index contributed by atoms with van der Waals surface area (Å²) in [5, 5.41) is 11.2. The molecule has 1 saturated carbocycles. The van der Waals surface area contributed by atoms with Gasteiger partial charge in [-0.05, 0) is 74.3 Å². The van der Waals surface area contributed by atoms with Crippen LogP contribution in [0.4, 0.5) is 0 Å². The zero-order chi connectivity index (χ0) is 19.1. The summed E-state index contributed by atoms with van der Waals surface area (Å²) in [6.45, 7) is 4.51. The first-order valence-electron chi connectivity index (χ1n) is 11.7. The van der Waals surface area contributed by atoms with Crippen LogP contribution >= 0.6 is 0 Å². The lowest BCUT2D eigenvalue weighted by atomic mass is 9.71. The van der Waals surface area contributed by atoms with E-state index >= 15 is 0 Å². The first-order chi connectivity index (χ1) is 13.1. The predicted octanol–water partition coefficient (Wildman–Crippen LogP) is 7.32. The molecule has 27 heavy (non-hydrogen) atoms. The molecule has 0 heterocycles. The van der Waals surface area contributed by atoms with Crippen molar-refractivity contribution in [2.45, 2.75) is 103 Å². The highest BCUT2D eigenvalue weighted by Crippen LogP contribution is 2.43. The molecule has 1 fully saturated rings. The maximum atomic E-state index is 11.2. The van der Waals surface area contributed by atoms with Crippen LogP contribution in [0.5, 0.6) is 0 Å². The first kappa shape index (κ1) is 20.6. The third-order valence-corrected chi connectivity index (χ3v) is 7.15. The summed E-state index contributed by atoms with van der Waals surface area (Å²) >= 11 is 0. The normalized spacial score (nSPS) is 28.8. The number of benzene rings is 1. The van der Waals surface area contributed by atoms with Crippen molar-refractivity contribution in [1.82, 2.24) is 0 Å². The first-order valence-corrected chi connectivity index (χ1v) is 11.7. The van der Waals surface area contributed by atoms with Crippen molar-refractivity contribution < 1.29 is 5.11 Å². The van der Waals surface area contributed by atoms with E-state index in [1.54, 1.807) is 5.57 Å². The van der Waals surface area contributed by atoms with Gasteiger partial charge in [0.05, 0.1) is 5.60 Å². The molecule has 1 unspecified atom stereocenters. The zero-order valence-electron chi connectivity index (χ0n) is 17.7. The monoisotopic (exact) mass is 368 g/mol. The average Bonchev–Trinajstić information content (AvgIpc) is 2.70. The third kappa shape index (κ3) is 5.47. The lowest BCUT2D eigenvalue weighted by Gasteiger charge is -2.36. The molecule has 150 valence electrons. The molecule has 2 aliphatic rings. The van der Waals surface area contributed by atoms with Crippen LogP contribution in [0.15, 0.2) is 35.9 Å². The molecule has 0 saturated heterocycles. The minimum Gasteiger partial charge on any atom is -0.385 e. The molecule has 0 radical (unpaired) electrons. The fourth-order valence-corrected chi connectivity index (χ4v) is 5.26.